The quantitative estimate of drug-likeness (QED) is 0.721. The Hall–Kier alpha value is -1.26. The monoisotopic (exact) mass is 293 g/mol. The molecule has 118 valence electrons. The van der Waals surface area contributed by atoms with Crippen LogP contribution >= 0.6 is 0 Å². The first-order valence-corrected chi connectivity index (χ1v) is 8.29. The number of hydrogen-bond donors (Lipinski definition) is 3. The fourth-order valence-electron chi connectivity index (χ4n) is 5.48. The highest BCUT2D eigenvalue weighted by molar-refractivity contribution is 5.86. The number of carbonyl (C=O) groups excluding carboxylic acids is 2. The smallest absolute Gasteiger partial charge is 0.312 e. The second-order valence-electron chi connectivity index (χ2n) is 7.69. The molecule has 4 saturated carbocycles. The lowest BCUT2D eigenvalue weighted by molar-refractivity contribution is -0.122. The van der Waals surface area contributed by atoms with Gasteiger partial charge in [0.15, 0.2) is 0 Å². The topological polar surface area (TPSA) is 84.2 Å². The standard InChI is InChI=1S/C16H27N3O2/c1-10(19-15(17)21)14(20)18-3-2-16-7-11-4-12(8-16)6-13(5-11)9-16/h10-13H,2-9H2,1H3,(H,18,20)(H3,17,19,21)/t10-,11?,12?,13?,16?/m0/s1. The minimum Gasteiger partial charge on any atom is -0.354 e. The first kappa shape index (κ1) is 14.7. The van der Waals surface area contributed by atoms with E-state index in [1.807, 2.05) is 0 Å². The second kappa shape index (κ2) is 5.50. The molecule has 3 amide bonds. The number of hydrogen-bond acceptors (Lipinski definition) is 2. The van der Waals surface area contributed by atoms with Gasteiger partial charge in [-0.3, -0.25) is 4.79 Å². The van der Waals surface area contributed by atoms with Crippen molar-refractivity contribution in [3.63, 3.8) is 0 Å². The van der Waals surface area contributed by atoms with Crippen LogP contribution in [-0.2, 0) is 4.79 Å². The molecule has 4 aliphatic rings. The number of rotatable bonds is 5. The Bertz CT molecular complexity index is 400. The van der Waals surface area contributed by atoms with Crippen molar-refractivity contribution >= 4 is 11.9 Å². The Morgan fingerprint density at radius 1 is 1.14 bits per heavy atom. The van der Waals surface area contributed by atoms with Gasteiger partial charge in [0.25, 0.3) is 0 Å². The van der Waals surface area contributed by atoms with Crippen molar-refractivity contribution in [1.82, 2.24) is 10.6 Å². The molecule has 0 radical (unpaired) electrons. The summed E-state index contributed by atoms with van der Waals surface area (Å²) in [6.07, 6.45) is 9.53. The Kier molecular flexibility index (Phi) is 3.84. The van der Waals surface area contributed by atoms with E-state index < -0.39 is 12.1 Å². The number of amides is 3. The van der Waals surface area contributed by atoms with Gasteiger partial charge in [0.1, 0.15) is 6.04 Å². The van der Waals surface area contributed by atoms with Gasteiger partial charge in [0.2, 0.25) is 5.91 Å². The van der Waals surface area contributed by atoms with E-state index in [-0.39, 0.29) is 5.91 Å². The predicted molar refractivity (Wildman–Crippen MR) is 80.4 cm³/mol. The predicted octanol–water partition coefficient (Wildman–Crippen LogP) is 1.77. The normalized spacial score (nSPS) is 38.0. The molecule has 0 aromatic carbocycles. The van der Waals surface area contributed by atoms with Crippen LogP contribution in [-0.4, -0.2) is 24.5 Å². The first-order valence-electron chi connectivity index (χ1n) is 8.29. The van der Waals surface area contributed by atoms with Gasteiger partial charge in [-0.05, 0) is 75.0 Å². The maximum Gasteiger partial charge on any atom is 0.312 e. The summed E-state index contributed by atoms with van der Waals surface area (Å²) in [5.74, 6) is 2.70. The van der Waals surface area contributed by atoms with Gasteiger partial charge in [0, 0.05) is 6.54 Å². The maximum atomic E-state index is 11.9. The van der Waals surface area contributed by atoms with E-state index in [0.29, 0.717) is 5.41 Å². The lowest BCUT2D eigenvalue weighted by atomic mass is 9.49. The van der Waals surface area contributed by atoms with Crippen molar-refractivity contribution in [2.45, 2.75) is 57.9 Å². The van der Waals surface area contributed by atoms with Crippen LogP contribution in [0.15, 0.2) is 0 Å². The van der Waals surface area contributed by atoms with Crippen LogP contribution in [0.2, 0.25) is 0 Å². The molecule has 0 aliphatic heterocycles. The minimum atomic E-state index is -0.654. The second-order valence-corrected chi connectivity index (χ2v) is 7.69. The largest absolute Gasteiger partial charge is 0.354 e. The number of nitrogens with one attached hydrogen (secondary N) is 2. The zero-order chi connectivity index (χ0) is 15.0. The van der Waals surface area contributed by atoms with Crippen LogP contribution in [0.5, 0.6) is 0 Å². The third kappa shape index (κ3) is 3.16. The summed E-state index contributed by atoms with van der Waals surface area (Å²) < 4.78 is 0. The number of nitrogens with two attached hydrogens (primary N) is 1. The first-order chi connectivity index (χ1) is 9.96. The summed E-state index contributed by atoms with van der Waals surface area (Å²) in [7, 11) is 0. The van der Waals surface area contributed by atoms with Crippen molar-refractivity contribution in [3.05, 3.63) is 0 Å². The number of urea groups is 1. The molecule has 4 fully saturated rings. The van der Waals surface area contributed by atoms with Crippen LogP contribution in [0.3, 0.4) is 0 Å². The van der Waals surface area contributed by atoms with Crippen LogP contribution in [0, 0.1) is 23.2 Å². The summed E-state index contributed by atoms with van der Waals surface area (Å²) in [5.41, 5.74) is 5.52. The Morgan fingerprint density at radius 2 is 1.67 bits per heavy atom. The molecule has 0 aromatic rings. The molecular formula is C16H27N3O2. The van der Waals surface area contributed by atoms with Crippen molar-refractivity contribution < 1.29 is 9.59 Å². The average Bonchev–Trinajstić information content (AvgIpc) is 2.35. The van der Waals surface area contributed by atoms with E-state index in [9.17, 15) is 9.59 Å². The summed E-state index contributed by atoms with van der Waals surface area (Å²) in [4.78, 5) is 22.6. The van der Waals surface area contributed by atoms with Gasteiger partial charge in [-0.25, -0.2) is 4.79 Å². The van der Waals surface area contributed by atoms with E-state index in [4.69, 9.17) is 5.73 Å². The van der Waals surface area contributed by atoms with Crippen LogP contribution in [0.1, 0.15) is 51.9 Å². The molecule has 0 unspecified atom stereocenters. The average molecular weight is 293 g/mol. The number of primary amides is 1. The molecule has 5 heteroatoms. The highest BCUT2D eigenvalue weighted by atomic mass is 16.2. The zero-order valence-corrected chi connectivity index (χ0v) is 12.9. The third-order valence-corrected chi connectivity index (χ3v) is 5.87. The highest BCUT2D eigenvalue weighted by Gasteiger charge is 2.50. The van der Waals surface area contributed by atoms with Gasteiger partial charge in [-0.1, -0.05) is 0 Å². The Balaban J connectivity index is 1.47. The third-order valence-electron chi connectivity index (χ3n) is 5.87. The minimum absolute atomic E-state index is 0.140. The summed E-state index contributed by atoms with van der Waals surface area (Å²) in [5, 5.41) is 5.37. The number of carbonyl (C=O) groups is 2. The van der Waals surface area contributed by atoms with E-state index >= 15 is 0 Å². The molecule has 21 heavy (non-hydrogen) atoms. The molecule has 1 atom stereocenters. The van der Waals surface area contributed by atoms with Gasteiger partial charge in [-0.2, -0.15) is 0 Å². The molecule has 4 aliphatic carbocycles. The fourth-order valence-corrected chi connectivity index (χ4v) is 5.48. The highest BCUT2D eigenvalue weighted by Crippen LogP contribution is 2.61. The molecule has 0 aromatic heterocycles. The molecule has 4 rings (SSSR count). The SMILES string of the molecule is C[C@H](NC(N)=O)C(=O)NCCC12CC3CC(CC(C3)C1)C2. The molecule has 0 heterocycles. The summed E-state index contributed by atoms with van der Waals surface area (Å²) in [6.45, 7) is 2.38. The Labute approximate surface area is 126 Å². The van der Waals surface area contributed by atoms with Gasteiger partial charge in [-0.15, -0.1) is 0 Å². The maximum absolute atomic E-state index is 11.9. The zero-order valence-electron chi connectivity index (χ0n) is 12.9. The van der Waals surface area contributed by atoms with Crippen LogP contribution in [0.4, 0.5) is 4.79 Å². The molecule has 0 saturated heterocycles. The molecule has 5 nitrogen and oxygen atoms in total. The molecule has 0 spiro atoms. The molecule has 4 bridgehead atoms. The molecular weight excluding hydrogens is 266 g/mol. The van der Waals surface area contributed by atoms with E-state index in [0.717, 1.165) is 30.7 Å². The van der Waals surface area contributed by atoms with Crippen molar-refractivity contribution in [2.75, 3.05) is 6.54 Å². The lowest BCUT2D eigenvalue weighted by Crippen LogP contribution is -2.49. The summed E-state index contributed by atoms with van der Waals surface area (Å²) >= 11 is 0. The van der Waals surface area contributed by atoms with Crippen molar-refractivity contribution in [2.24, 2.45) is 28.9 Å². The lowest BCUT2D eigenvalue weighted by Gasteiger charge is -2.57. The van der Waals surface area contributed by atoms with Crippen molar-refractivity contribution in [1.29, 1.82) is 0 Å². The van der Waals surface area contributed by atoms with Crippen molar-refractivity contribution in [3.8, 4) is 0 Å². The summed E-state index contributed by atoms with van der Waals surface area (Å²) in [6, 6.07) is -1.21. The fraction of sp³-hybridized carbons (Fsp3) is 0.875. The van der Waals surface area contributed by atoms with E-state index in [2.05, 4.69) is 10.6 Å². The van der Waals surface area contributed by atoms with Gasteiger partial charge >= 0.3 is 6.03 Å². The van der Waals surface area contributed by atoms with Crippen LogP contribution < -0.4 is 16.4 Å². The van der Waals surface area contributed by atoms with Crippen LogP contribution in [0.25, 0.3) is 0 Å². The van der Waals surface area contributed by atoms with E-state index in [1.54, 1.807) is 6.92 Å². The van der Waals surface area contributed by atoms with E-state index in [1.165, 1.54) is 38.5 Å². The van der Waals surface area contributed by atoms with Gasteiger partial charge in [0.05, 0.1) is 0 Å². The van der Waals surface area contributed by atoms with Gasteiger partial charge < -0.3 is 16.4 Å². The molecule has 4 N–H and O–H groups in total. The Morgan fingerprint density at radius 3 is 2.14 bits per heavy atom.